The van der Waals surface area contributed by atoms with E-state index < -0.39 is 5.97 Å². The second kappa shape index (κ2) is 4.76. The first kappa shape index (κ1) is 10.7. The zero-order valence-corrected chi connectivity index (χ0v) is 9.11. The third-order valence-electron chi connectivity index (χ3n) is 1.65. The molecular formula is C9H9BrN2O2. The average molecular weight is 257 g/mol. The summed E-state index contributed by atoms with van der Waals surface area (Å²) in [5, 5.41) is 3.37. The normalized spacial score (nSPS) is 10.4. The summed E-state index contributed by atoms with van der Waals surface area (Å²) in [5.41, 5.74) is 1.04. The molecule has 2 N–H and O–H groups in total. The standard InChI is InChI=1S/C9H9BrN2O2/c1-14-9(13)8-6(5-12-11)3-2-4-7(8)10/h2-5H,11H2,1H3. The van der Waals surface area contributed by atoms with Crippen LogP contribution in [0.1, 0.15) is 15.9 Å². The lowest BCUT2D eigenvalue weighted by Crippen LogP contribution is -2.06. The first-order valence-corrected chi connectivity index (χ1v) is 4.60. The molecule has 4 nitrogen and oxygen atoms in total. The van der Waals surface area contributed by atoms with Gasteiger partial charge in [-0.05, 0) is 22.0 Å². The summed E-state index contributed by atoms with van der Waals surface area (Å²) in [6.45, 7) is 0. The van der Waals surface area contributed by atoms with E-state index in [1.807, 2.05) is 0 Å². The number of nitrogens with zero attached hydrogens (tertiary/aromatic N) is 1. The van der Waals surface area contributed by atoms with Crippen molar-refractivity contribution in [2.45, 2.75) is 0 Å². The molecule has 0 heterocycles. The monoisotopic (exact) mass is 256 g/mol. The van der Waals surface area contributed by atoms with Crippen LogP contribution in [0.3, 0.4) is 0 Å². The number of rotatable bonds is 2. The summed E-state index contributed by atoms with van der Waals surface area (Å²) in [5.74, 6) is 4.60. The van der Waals surface area contributed by atoms with Crippen molar-refractivity contribution in [2.24, 2.45) is 10.9 Å². The summed E-state index contributed by atoms with van der Waals surface area (Å²) in [6.07, 6.45) is 1.40. The molecule has 0 bridgehead atoms. The highest BCUT2D eigenvalue weighted by atomic mass is 79.9. The Labute approximate surface area is 89.9 Å². The minimum Gasteiger partial charge on any atom is -0.465 e. The number of hydrogen-bond donors (Lipinski definition) is 1. The average Bonchev–Trinajstić information content (AvgIpc) is 2.18. The van der Waals surface area contributed by atoms with Gasteiger partial charge in [0.25, 0.3) is 0 Å². The van der Waals surface area contributed by atoms with Gasteiger partial charge in [0.1, 0.15) is 0 Å². The SMILES string of the molecule is COC(=O)c1c(Br)cccc1C=NN. The van der Waals surface area contributed by atoms with Gasteiger partial charge in [-0.25, -0.2) is 4.79 Å². The molecule has 0 spiro atoms. The van der Waals surface area contributed by atoms with Gasteiger partial charge >= 0.3 is 5.97 Å². The second-order valence-corrected chi connectivity index (χ2v) is 3.33. The molecule has 0 aliphatic heterocycles. The number of halogens is 1. The van der Waals surface area contributed by atoms with Crippen molar-refractivity contribution in [1.82, 2.24) is 0 Å². The van der Waals surface area contributed by atoms with Crippen LogP contribution in [0, 0.1) is 0 Å². The van der Waals surface area contributed by atoms with Gasteiger partial charge in [-0.2, -0.15) is 5.10 Å². The van der Waals surface area contributed by atoms with Crippen LogP contribution >= 0.6 is 15.9 Å². The van der Waals surface area contributed by atoms with E-state index in [0.29, 0.717) is 15.6 Å². The van der Waals surface area contributed by atoms with Gasteiger partial charge in [0.2, 0.25) is 0 Å². The van der Waals surface area contributed by atoms with Gasteiger partial charge < -0.3 is 10.6 Å². The molecule has 1 rings (SSSR count). The molecule has 0 atom stereocenters. The molecule has 1 aromatic carbocycles. The van der Waals surface area contributed by atoms with Crippen LogP contribution in [0.25, 0.3) is 0 Å². The molecule has 0 aliphatic rings. The number of ether oxygens (including phenoxy) is 1. The van der Waals surface area contributed by atoms with Crippen LogP contribution < -0.4 is 5.84 Å². The first-order chi connectivity index (χ1) is 6.70. The Hall–Kier alpha value is -1.36. The fourth-order valence-corrected chi connectivity index (χ4v) is 1.59. The zero-order valence-electron chi connectivity index (χ0n) is 7.53. The maximum absolute atomic E-state index is 11.4. The van der Waals surface area contributed by atoms with E-state index in [0.717, 1.165) is 0 Å². The Kier molecular flexibility index (Phi) is 3.64. The molecule has 14 heavy (non-hydrogen) atoms. The number of hydrazone groups is 1. The molecular weight excluding hydrogens is 248 g/mol. The number of methoxy groups -OCH3 is 1. The van der Waals surface area contributed by atoms with Gasteiger partial charge in [-0.15, -0.1) is 0 Å². The lowest BCUT2D eigenvalue weighted by Gasteiger charge is -2.05. The molecule has 74 valence electrons. The number of benzene rings is 1. The van der Waals surface area contributed by atoms with Crippen molar-refractivity contribution >= 4 is 28.1 Å². The lowest BCUT2D eigenvalue weighted by atomic mass is 10.1. The highest BCUT2D eigenvalue weighted by Crippen LogP contribution is 2.20. The summed E-state index contributed by atoms with van der Waals surface area (Å²) in [6, 6.07) is 5.26. The van der Waals surface area contributed by atoms with Gasteiger partial charge in [0, 0.05) is 10.0 Å². The number of esters is 1. The topological polar surface area (TPSA) is 64.7 Å². The van der Waals surface area contributed by atoms with Crippen molar-refractivity contribution in [1.29, 1.82) is 0 Å². The van der Waals surface area contributed by atoms with Crippen LogP contribution in [-0.2, 0) is 4.74 Å². The summed E-state index contributed by atoms with van der Waals surface area (Å²) < 4.78 is 5.29. The third-order valence-corrected chi connectivity index (χ3v) is 2.31. The van der Waals surface area contributed by atoms with E-state index in [2.05, 4.69) is 25.8 Å². The van der Waals surface area contributed by atoms with E-state index in [-0.39, 0.29) is 0 Å². The van der Waals surface area contributed by atoms with Gasteiger partial charge in [0.15, 0.2) is 0 Å². The van der Waals surface area contributed by atoms with E-state index in [1.165, 1.54) is 13.3 Å². The van der Waals surface area contributed by atoms with Crippen LogP contribution in [0.15, 0.2) is 27.8 Å². The van der Waals surface area contributed by atoms with Crippen molar-refractivity contribution < 1.29 is 9.53 Å². The predicted molar refractivity (Wildman–Crippen MR) is 57.3 cm³/mol. The molecule has 0 saturated heterocycles. The predicted octanol–water partition coefficient (Wildman–Crippen LogP) is 1.53. The van der Waals surface area contributed by atoms with Crippen molar-refractivity contribution in [3.63, 3.8) is 0 Å². The Balaban J connectivity index is 3.29. The van der Waals surface area contributed by atoms with Gasteiger partial charge in [0.05, 0.1) is 18.9 Å². The summed E-state index contributed by atoms with van der Waals surface area (Å²) in [7, 11) is 1.32. The van der Waals surface area contributed by atoms with Crippen LogP contribution in [0.2, 0.25) is 0 Å². The van der Waals surface area contributed by atoms with E-state index in [4.69, 9.17) is 5.84 Å². The largest absolute Gasteiger partial charge is 0.465 e. The molecule has 0 fully saturated rings. The number of hydrogen-bond acceptors (Lipinski definition) is 4. The maximum atomic E-state index is 11.4. The maximum Gasteiger partial charge on any atom is 0.339 e. The second-order valence-electron chi connectivity index (χ2n) is 2.47. The number of carbonyl (C=O) groups excluding carboxylic acids is 1. The molecule has 0 saturated carbocycles. The quantitative estimate of drug-likeness (QED) is 0.378. The first-order valence-electron chi connectivity index (χ1n) is 3.80. The molecule has 0 unspecified atom stereocenters. The minimum atomic E-state index is -0.424. The Morgan fingerprint density at radius 3 is 2.93 bits per heavy atom. The molecule has 0 amide bonds. The molecule has 0 aliphatic carbocycles. The van der Waals surface area contributed by atoms with E-state index >= 15 is 0 Å². The van der Waals surface area contributed by atoms with Gasteiger partial charge in [-0.1, -0.05) is 12.1 Å². The third kappa shape index (κ3) is 2.11. The Morgan fingerprint density at radius 1 is 1.64 bits per heavy atom. The van der Waals surface area contributed by atoms with Gasteiger partial charge in [-0.3, -0.25) is 0 Å². The van der Waals surface area contributed by atoms with E-state index in [9.17, 15) is 4.79 Å². The smallest absolute Gasteiger partial charge is 0.339 e. The van der Waals surface area contributed by atoms with E-state index in [1.54, 1.807) is 18.2 Å². The zero-order chi connectivity index (χ0) is 10.6. The summed E-state index contributed by atoms with van der Waals surface area (Å²) >= 11 is 3.26. The van der Waals surface area contributed by atoms with Crippen LogP contribution in [0.5, 0.6) is 0 Å². The molecule has 1 aromatic rings. The highest BCUT2D eigenvalue weighted by Gasteiger charge is 2.13. The van der Waals surface area contributed by atoms with Crippen LogP contribution in [0.4, 0.5) is 0 Å². The van der Waals surface area contributed by atoms with Crippen molar-refractivity contribution in [2.75, 3.05) is 7.11 Å². The minimum absolute atomic E-state index is 0.421. The lowest BCUT2D eigenvalue weighted by molar-refractivity contribution is 0.0599. The van der Waals surface area contributed by atoms with Crippen LogP contribution in [-0.4, -0.2) is 19.3 Å². The number of nitrogens with two attached hydrogens (primary N) is 1. The molecule has 5 heteroatoms. The molecule has 0 radical (unpaired) electrons. The fraction of sp³-hybridized carbons (Fsp3) is 0.111. The Morgan fingerprint density at radius 2 is 2.36 bits per heavy atom. The summed E-state index contributed by atoms with van der Waals surface area (Å²) in [4.78, 5) is 11.4. The van der Waals surface area contributed by atoms with Crippen molar-refractivity contribution in [3.8, 4) is 0 Å². The van der Waals surface area contributed by atoms with Crippen molar-refractivity contribution in [3.05, 3.63) is 33.8 Å². The highest BCUT2D eigenvalue weighted by molar-refractivity contribution is 9.10. The number of carbonyl (C=O) groups is 1. The Bertz CT molecular complexity index is 377. The fourth-order valence-electron chi connectivity index (χ4n) is 1.05. The molecule has 0 aromatic heterocycles.